The van der Waals surface area contributed by atoms with E-state index in [1.165, 1.54) is 12.1 Å². The van der Waals surface area contributed by atoms with Crippen LogP contribution in [0, 0.1) is 11.7 Å². The fourth-order valence-corrected chi connectivity index (χ4v) is 2.15. The highest BCUT2D eigenvalue weighted by molar-refractivity contribution is 5.46. The maximum atomic E-state index is 12.9. The first kappa shape index (κ1) is 15.0. The van der Waals surface area contributed by atoms with Gasteiger partial charge in [0.1, 0.15) is 5.82 Å². The molecule has 3 heteroatoms. The van der Waals surface area contributed by atoms with Gasteiger partial charge in [0, 0.05) is 24.8 Å². The summed E-state index contributed by atoms with van der Waals surface area (Å²) >= 11 is 0. The average molecular weight is 252 g/mol. The summed E-state index contributed by atoms with van der Waals surface area (Å²) in [5, 5.41) is 3.38. The Bertz CT molecular complexity index is 337. The van der Waals surface area contributed by atoms with Crippen LogP contribution in [-0.2, 0) is 0 Å². The highest BCUT2D eigenvalue weighted by atomic mass is 19.1. The molecular formula is C15H25FN2. The second-order valence-corrected chi connectivity index (χ2v) is 4.80. The second kappa shape index (κ2) is 7.37. The third-order valence-electron chi connectivity index (χ3n) is 3.69. The number of likely N-dealkylation sites (N-methyl/N-ethyl adjacent to an activating group) is 2. The summed E-state index contributed by atoms with van der Waals surface area (Å²) in [6.07, 6.45) is 1.16. The fraction of sp³-hybridized carbons (Fsp3) is 0.600. The molecule has 1 aromatic carbocycles. The van der Waals surface area contributed by atoms with Crippen LogP contribution in [0.15, 0.2) is 24.3 Å². The lowest BCUT2D eigenvalue weighted by Gasteiger charge is -2.31. The van der Waals surface area contributed by atoms with Crippen molar-refractivity contribution in [2.24, 2.45) is 5.92 Å². The smallest absolute Gasteiger partial charge is 0.123 e. The third kappa shape index (κ3) is 3.98. The number of halogens is 1. The molecule has 0 heterocycles. The molecule has 0 bridgehead atoms. The lowest BCUT2D eigenvalue weighted by Crippen LogP contribution is -2.43. The summed E-state index contributed by atoms with van der Waals surface area (Å²) in [6.45, 7) is 8.49. The van der Waals surface area contributed by atoms with Gasteiger partial charge in [0.25, 0.3) is 0 Å². The lowest BCUT2D eigenvalue weighted by molar-refractivity contribution is 0.388. The zero-order valence-electron chi connectivity index (χ0n) is 11.9. The largest absolute Gasteiger partial charge is 0.370 e. The Morgan fingerprint density at radius 1 is 1.22 bits per heavy atom. The molecule has 18 heavy (non-hydrogen) atoms. The minimum absolute atomic E-state index is 0.179. The molecule has 0 radical (unpaired) electrons. The van der Waals surface area contributed by atoms with Crippen molar-refractivity contribution in [2.45, 2.75) is 33.2 Å². The SMILES string of the molecule is CCC(C)C(CN(CC)c1ccc(F)cc1)NC. The monoisotopic (exact) mass is 252 g/mol. The molecule has 0 aromatic heterocycles. The van der Waals surface area contributed by atoms with Crippen LogP contribution >= 0.6 is 0 Å². The highest BCUT2D eigenvalue weighted by Crippen LogP contribution is 2.17. The fourth-order valence-electron chi connectivity index (χ4n) is 2.15. The highest BCUT2D eigenvalue weighted by Gasteiger charge is 2.17. The Labute approximate surface area is 110 Å². The first-order valence-electron chi connectivity index (χ1n) is 6.80. The third-order valence-corrected chi connectivity index (χ3v) is 3.69. The summed E-state index contributed by atoms with van der Waals surface area (Å²) < 4.78 is 12.9. The summed E-state index contributed by atoms with van der Waals surface area (Å²) in [4.78, 5) is 2.28. The average Bonchev–Trinajstić information content (AvgIpc) is 2.41. The van der Waals surface area contributed by atoms with Crippen molar-refractivity contribution in [1.29, 1.82) is 0 Å². The van der Waals surface area contributed by atoms with Crippen LogP contribution in [0.5, 0.6) is 0 Å². The van der Waals surface area contributed by atoms with Crippen molar-refractivity contribution in [3.05, 3.63) is 30.1 Å². The van der Waals surface area contributed by atoms with Crippen LogP contribution in [-0.4, -0.2) is 26.2 Å². The lowest BCUT2D eigenvalue weighted by atomic mass is 9.98. The van der Waals surface area contributed by atoms with Crippen LogP contribution in [0.25, 0.3) is 0 Å². The molecule has 0 saturated heterocycles. The van der Waals surface area contributed by atoms with Crippen molar-refractivity contribution in [1.82, 2.24) is 5.32 Å². The maximum Gasteiger partial charge on any atom is 0.123 e. The van der Waals surface area contributed by atoms with Gasteiger partial charge in [0.05, 0.1) is 0 Å². The van der Waals surface area contributed by atoms with Crippen molar-refractivity contribution in [2.75, 3.05) is 25.0 Å². The number of benzene rings is 1. The molecule has 2 atom stereocenters. The van der Waals surface area contributed by atoms with Crippen LogP contribution in [0.2, 0.25) is 0 Å². The Morgan fingerprint density at radius 2 is 1.83 bits per heavy atom. The van der Waals surface area contributed by atoms with E-state index in [-0.39, 0.29) is 5.82 Å². The summed E-state index contributed by atoms with van der Waals surface area (Å²) in [5.41, 5.74) is 1.09. The minimum Gasteiger partial charge on any atom is -0.370 e. The molecule has 1 rings (SSSR count). The number of hydrogen-bond donors (Lipinski definition) is 1. The maximum absolute atomic E-state index is 12.9. The zero-order valence-corrected chi connectivity index (χ0v) is 11.9. The van der Waals surface area contributed by atoms with E-state index >= 15 is 0 Å². The standard InChI is InChI=1S/C15H25FN2/c1-5-12(3)15(17-4)11-18(6-2)14-9-7-13(16)8-10-14/h7-10,12,15,17H,5-6,11H2,1-4H3. The van der Waals surface area contributed by atoms with Crippen molar-refractivity contribution in [3.8, 4) is 0 Å². The van der Waals surface area contributed by atoms with Crippen LogP contribution in [0.3, 0.4) is 0 Å². The molecule has 102 valence electrons. The molecule has 2 nitrogen and oxygen atoms in total. The van der Waals surface area contributed by atoms with E-state index in [0.29, 0.717) is 12.0 Å². The van der Waals surface area contributed by atoms with E-state index < -0.39 is 0 Å². The molecule has 0 aliphatic carbocycles. The number of anilines is 1. The predicted molar refractivity (Wildman–Crippen MR) is 76.6 cm³/mol. The van der Waals surface area contributed by atoms with Gasteiger partial charge >= 0.3 is 0 Å². The number of hydrogen-bond acceptors (Lipinski definition) is 2. The van der Waals surface area contributed by atoms with Crippen LogP contribution in [0.1, 0.15) is 27.2 Å². The minimum atomic E-state index is -0.179. The van der Waals surface area contributed by atoms with Crippen LogP contribution < -0.4 is 10.2 Å². The topological polar surface area (TPSA) is 15.3 Å². The quantitative estimate of drug-likeness (QED) is 0.801. The summed E-state index contributed by atoms with van der Waals surface area (Å²) in [7, 11) is 2.01. The molecule has 0 aliphatic rings. The van der Waals surface area contributed by atoms with Crippen molar-refractivity contribution >= 4 is 5.69 Å². The van der Waals surface area contributed by atoms with Gasteiger partial charge in [-0.15, -0.1) is 0 Å². The van der Waals surface area contributed by atoms with Gasteiger partial charge in [-0.2, -0.15) is 0 Å². The Balaban J connectivity index is 2.74. The summed E-state index contributed by atoms with van der Waals surface area (Å²) in [6, 6.07) is 7.20. The van der Waals surface area contributed by atoms with E-state index in [4.69, 9.17) is 0 Å². The summed E-state index contributed by atoms with van der Waals surface area (Å²) in [5.74, 6) is 0.450. The van der Waals surface area contributed by atoms with Gasteiger partial charge in [-0.1, -0.05) is 20.3 Å². The van der Waals surface area contributed by atoms with Gasteiger partial charge in [-0.05, 0) is 44.2 Å². The van der Waals surface area contributed by atoms with Crippen LogP contribution in [0.4, 0.5) is 10.1 Å². The van der Waals surface area contributed by atoms with Gasteiger partial charge < -0.3 is 10.2 Å². The Kier molecular flexibility index (Phi) is 6.13. The normalized spacial score (nSPS) is 14.3. The van der Waals surface area contributed by atoms with E-state index in [1.54, 1.807) is 0 Å². The van der Waals surface area contributed by atoms with Gasteiger partial charge in [-0.25, -0.2) is 4.39 Å². The van der Waals surface area contributed by atoms with E-state index in [1.807, 2.05) is 19.2 Å². The molecule has 0 amide bonds. The molecule has 2 unspecified atom stereocenters. The van der Waals surface area contributed by atoms with Crippen molar-refractivity contribution in [3.63, 3.8) is 0 Å². The van der Waals surface area contributed by atoms with E-state index in [2.05, 4.69) is 31.0 Å². The van der Waals surface area contributed by atoms with E-state index in [0.717, 1.165) is 25.2 Å². The first-order chi connectivity index (χ1) is 8.62. The van der Waals surface area contributed by atoms with E-state index in [9.17, 15) is 4.39 Å². The Hall–Kier alpha value is -1.09. The molecule has 1 aromatic rings. The van der Waals surface area contributed by atoms with Crippen molar-refractivity contribution < 1.29 is 4.39 Å². The zero-order chi connectivity index (χ0) is 13.5. The second-order valence-electron chi connectivity index (χ2n) is 4.80. The molecule has 0 saturated carbocycles. The predicted octanol–water partition coefficient (Wildman–Crippen LogP) is 3.29. The van der Waals surface area contributed by atoms with Gasteiger partial charge in [0.2, 0.25) is 0 Å². The number of nitrogens with zero attached hydrogens (tertiary/aromatic N) is 1. The molecular weight excluding hydrogens is 227 g/mol. The molecule has 1 N–H and O–H groups in total. The molecule has 0 aliphatic heterocycles. The molecule has 0 fully saturated rings. The van der Waals surface area contributed by atoms with Gasteiger partial charge in [0.15, 0.2) is 0 Å². The molecule has 0 spiro atoms. The number of nitrogens with one attached hydrogen (secondary N) is 1. The first-order valence-corrected chi connectivity index (χ1v) is 6.80. The Morgan fingerprint density at radius 3 is 2.28 bits per heavy atom. The number of rotatable bonds is 7. The van der Waals surface area contributed by atoms with Gasteiger partial charge in [-0.3, -0.25) is 0 Å².